The number of pyridine rings is 1. The van der Waals surface area contributed by atoms with Crippen LogP contribution in [-0.4, -0.2) is 4.98 Å². The van der Waals surface area contributed by atoms with Crippen molar-refractivity contribution < 1.29 is 0 Å². The second-order valence-corrected chi connectivity index (χ2v) is 2.41. The van der Waals surface area contributed by atoms with Crippen molar-refractivity contribution in [2.45, 2.75) is 0 Å². The van der Waals surface area contributed by atoms with E-state index in [9.17, 15) is 4.79 Å². The molecule has 1 N–H and O–H groups in total. The van der Waals surface area contributed by atoms with Crippen LogP contribution in [-0.2, 0) is 0 Å². The molecule has 0 aliphatic rings. The van der Waals surface area contributed by atoms with E-state index in [4.69, 9.17) is 0 Å². The summed E-state index contributed by atoms with van der Waals surface area (Å²) in [6, 6.07) is 11.0. The van der Waals surface area contributed by atoms with Crippen molar-refractivity contribution in [3.05, 3.63) is 46.8 Å². The summed E-state index contributed by atoms with van der Waals surface area (Å²) in [6.45, 7) is 0. The van der Waals surface area contributed by atoms with E-state index in [1.807, 2.05) is 30.3 Å². The molecule has 0 aliphatic heterocycles. The first-order valence-corrected chi connectivity index (χ1v) is 3.44. The van der Waals surface area contributed by atoms with Crippen LogP contribution in [0.15, 0.2) is 41.2 Å². The molecule has 4 heteroatoms. The third-order valence-corrected chi connectivity index (χ3v) is 1.63. The minimum atomic E-state index is -0.0521. The van der Waals surface area contributed by atoms with Gasteiger partial charge in [-0.15, -0.1) is 36.4 Å². The topological polar surface area (TPSA) is 32.9 Å². The summed E-state index contributed by atoms with van der Waals surface area (Å²) >= 11 is 0. The number of para-hydroxylation sites is 1. The van der Waals surface area contributed by atoms with Gasteiger partial charge in [0, 0.05) is 11.6 Å². The molecule has 2 rings (SSSR count). The number of hydrogen-bond acceptors (Lipinski definition) is 1. The Hall–Kier alpha value is -0.550. The molecule has 2 aromatic rings. The highest BCUT2D eigenvalue weighted by molar-refractivity contribution is 14.0. The first-order chi connectivity index (χ1) is 5.36. The zero-order valence-electron chi connectivity index (χ0n) is 6.69. The summed E-state index contributed by atoms with van der Waals surface area (Å²) in [5.74, 6) is 0. The lowest BCUT2D eigenvalue weighted by Gasteiger charge is -1.93. The van der Waals surface area contributed by atoms with Gasteiger partial charge in [0.1, 0.15) is 0 Å². The van der Waals surface area contributed by atoms with Crippen molar-refractivity contribution >= 4 is 47.3 Å². The van der Waals surface area contributed by atoms with Crippen molar-refractivity contribution in [3.8, 4) is 0 Å². The zero-order chi connectivity index (χ0) is 7.68. The fourth-order valence-corrected chi connectivity index (χ4v) is 1.10. The van der Waals surface area contributed by atoms with Crippen molar-refractivity contribution in [1.82, 2.24) is 4.98 Å². The average molecular weight is 310 g/mol. The normalized spacial score (nSPS) is 8.62. The molecule has 70 valence electrons. The van der Waals surface area contributed by atoms with Crippen LogP contribution in [0.5, 0.6) is 0 Å². The highest BCUT2D eigenvalue weighted by Gasteiger charge is 1.89. The van der Waals surface area contributed by atoms with Gasteiger partial charge in [0.25, 0.3) is 0 Å². The average Bonchev–Trinajstić information content (AvgIpc) is 2.04. The molecule has 1 aromatic heterocycles. The van der Waals surface area contributed by atoms with Gasteiger partial charge in [-0.05, 0) is 17.5 Å². The van der Waals surface area contributed by atoms with Crippen LogP contribution in [0.1, 0.15) is 0 Å². The highest BCUT2D eigenvalue weighted by Crippen LogP contribution is 2.06. The number of H-pyrrole nitrogens is 1. The summed E-state index contributed by atoms with van der Waals surface area (Å²) in [7, 11) is 0. The van der Waals surface area contributed by atoms with Gasteiger partial charge in [-0.2, -0.15) is 0 Å². The summed E-state index contributed by atoms with van der Waals surface area (Å²) < 4.78 is 0. The predicted octanol–water partition coefficient (Wildman–Crippen LogP) is 2.57. The number of aromatic nitrogens is 1. The molecule has 0 spiro atoms. The van der Waals surface area contributed by atoms with Crippen LogP contribution in [0.2, 0.25) is 0 Å². The van der Waals surface area contributed by atoms with Gasteiger partial charge in [0.2, 0.25) is 5.56 Å². The van der Waals surface area contributed by atoms with E-state index >= 15 is 0 Å². The molecule has 0 amide bonds. The van der Waals surface area contributed by atoms with E-state index in [1.54, 1.807) is 0 Å². The van der Waals surface area contributed by atoms with Gasteiger partial charge >= 0.3 is 0 Å². The third-order valence-electron chi connectivity index (χ3n) is 1.63. The number of rotatable bonds is 0. The smallest absolute Gasteiger partial charge is 0.248 e. The van der Waals surface area contributed by atoms with Crippen LogP contribution in [0.3, 0.4) is 0 Å². The molecule has 0 unspecified atom stereocenters. The number of hydrogen-bond donors (Lipinski definition) is 1. The van der Waals surface area contributed by atoms with Gasteiger partial charge in [0.15, 0.2) is 0 Å². The monoisotopic (exact) mass is 309 g/mol. The SMILES string of the molecule is Cl.I.O=c1ccc2ccccc2[nH]1. The Morgan fingerprint density at radius 3 is 2.46 bits per heavy atom. The van der Waals surface area contributed by atoms with Gasteiger partial charge in [0.05, 0.1) is 0 Å². The summed E-state index contributed by atoms with van der Waals surface area (Å²) in [4.78, 5) is 13.6. The largest absolute Gasteiger partial charge is 0.322 e. The Bertz CT molecular complexity index is 441. The Labute approximate surface area is 98.8 Å². The number of fused-ring (bicyclic) bond motifs is 1. The summed E-state index contributed by atoms with van der Waals surface area (Å²) in [5.41, 5.74) is 0.837. The van der Waals surface area contributed by atoms with E-state index < -0.39 is 0 Å². The lowest BCUT2D eigenvalue weighted by Crippen LogP contribution is -2.01. The number of aromatic amines is 1. The van der Waals surface area contributed by atoms with Crippen LogP contribution >= 0.6 is 36.4 Å². The van der Waals surface area contributed by atoms with E-state index in [0.717, 1.165) is 10.9 Å². The maximum atomic E-state index is 10.8. The minimum absolute atomic E-state index is 0. The molecule has 13 heavy (non-hydrogen) atoms. The van der Waals surface area contributed by atoms with Crippen LogP contribution < -0.4 is 5.56 Å². The van der Waals surface area contributed by atoms with Crippen LogP contribution in [0, 0.1) is 0 Å². The van der Waals surface area contributed by atoms with E-state index in [1.165, 1.54) is 6.07 Å². The lowest BCUT2D eigenvalue weighted by atomic mass is 10.2. The molecule has 1 aromatic carbocycles. The van der Waals surface area contributed by atoms with Crippen LogP contribution in [0.25, 0.3) is 10.9 Å². The zero-order valence-corrected chi connectivity index (χ0v) is 9.84. The lowest BCUT2D eigenvalue weighted by molar-refractivity contribution is 1.31. The molecule has 0 aliphatic carbocycles. The van der Waals surface area contributed by atoms with Gasteiger partial charge in [-0.25, -0.2) is 0 Å². The Morgan fingerprint density at radius 2 is 1.69 bits per heavy atom. The van der Waals surface area contributed by atoms with E-state index in [2.05, 4.69) is 4.98 Å². The number of nitrogens with one attached hydrogen (secondary N) is 1. The molecule has 2 nitrogen and oxygen atoms in total. The first-order valence-electron chi connectivity index (χ1n) is 3.44. The van der Waals surface area contributed by atoms with Crippen molar-refractivity contribution in [2.75, 3.05) is 0 Å². The standard InChI is InChI=1S/C9H7NO.ClH.HI/c11-9-6-5-7-3-1-2-4-8(7)10-9;;/h1-6H,(H,10,11);2*1H. The quantitative estimate of drug-likeness (QED) is 0.746. The number of halogens is 2. The maximum Gasteiger partial charge on any atom is 0.248 e. The molecule has 0 fully saturated rings. The molecule has 0 bridgehead atoms. The molecular weight excluding hydrogens is 300 g/mol. The Kier molecular flexibility index (Phi) is 5.02. The predicted molar refractivity (Wildman–Crippen MR) is 67.2 cm³/mol. The van der Waals surface area contributed by atoms with Gasteiger partial charge in [-0.3, -0.25) is 4.79 Å². The molecule has 0 saturated carbocycles. The van der Waals surface area contributed by atoms with Crippen molar-refractivity contribution in [2.24, 2.45) is 0 Å². The fourth-order valence-electron chi connectivity index (χ4n) is 1.10. The maximum absolute atomic E-state index is 10.8. The van der Waals surface area contributed by atoms with Gasteiger partial charge < -0.3 is 4.98 Å². The highest BCUT2D eigenvalue weighted by atomic mass is 127. The number of benzene rings is 1. The first kappa shape index (κ1) is 12.4. The van der Waals surface area contributed by atoms with E-state index in [0.29, 0.717) is 0 Å². The Morgan fingerprint density at radius 1 is 1.00 bits per heavy atom. The van der Waals surface area contributed by atoms with Crippen molar-refractivity contribution in [3.63, 3.8) is 0 Å². The molecule has 1 heterocycles. The summed E-state index contributed by atoms with van der Waals surface area (Å²) in [6.07, 6.45) is 0. The second-order valence-electron chi connectivity index (χ2n) is 2.41. The molecular formula is C9H9ClINO. The molecule has 0 saturated heterocycles. The molecule has 0 radical (unpaired) electrons. The second kappa shape index (κ2) is 5.24. The van der Waals surface area contributed by atoms with Gasteiger partial charge in [-0.1, -0.05) is 18.2 Å². The molecule has 0 atom stereocenters. The van der Waals surface area contributed by atoms with E-state index in [-0.39, 0.29) is 41.9 Å². The minimum Gasteiger partial charge on any atom is -0.322 e. The summed E-state index contributed by atoms with van der Waals surface area (Å²) in [5, 5.41) is 1.06. The third kappa shape index (κ3) is 2.70. The van der Waals surface area contributed by atoms with Crippen molar-refractivity contribution in [1.29, 1.82) is 0 Å². The van der Waals surface area contributed by atoms with Crippen LogP contribution in [0.4, 0.5) is 0 Å². The fraction of sp³-hybridized carbons (Fsp3) is 0. The Balaban J connectivity index is 0.000000720.